The fraction of sp³-hybridized carbons (Fsp3) is 0.308. The Hall–Kier alpha value is -2.78. The average Bonchev–Trinajstić information content (AvgIpc) is 2.78. The van der Waals surface area contributed by atoms with Crippen LogP contribution in [0.5, 0.6) is 11.5 Å². The molecular weight excluding hydrogens is 358 g/mol. The zero-order valence-corrected chi connectivity index (χ0v) is 17.6. The van der Waals surface area contributed by atoms with E-state index in [1.807, 2.05) is 24.3 Å². The van der Waals surface area contributed by atoms with Gasteiger partial charge in [-0.25, -0.2) is 0 Å². The predicted octanol–water partition coefficient (Wildman–Crippen LogP) is 5.65. The van der Waals surface area contributed by atoms with Crippen molar-refractivity contribution in [3.05, 3.63) is 95.6 Å². The molecule has 152 valence electrons. The van der Waals surface area contributed by atoms with Crippen LogP contribution >= 0.6 is 0 Å². The summed E-state index contributed by atoms with van der Waals surface area (Å²) < 4.78 is 10.7. The maximum atomic E-state index is 5.33. The van der Waals surface area contributed by atoms with Crippen molar-refractivity contribution in [1.82, 2.24) is 5.32 Å². The second-order valence-corrected chi connectivity index (χ2v) is 7.56. The van der Waals surface area contributed by atoms with Gasteiger partial charge in [-0.15, -0.1) is 0 Å². The second kappa shape index (κ2) is 10.7. The van der Waals surface area contributed by atoms with Crippen molar-refractivity contribution in [2.45, 2.75) is 25.8 Å². The Morgan fingerprint density at radius 3 is 1.72 bits per heavy atom. The van der Waals surface area contributed by atoms with E-state index in [9.17, 15) is 0 Å². The molecular formula is C26H31NO2. The summed E-state index contributed by atoms with van der Waals surface area (Å²) >= 11 is 0. The molecule has 0 fully saturated rings. The average molecular weight is 390 g/mol. The van der Waals surface area contributed by atoms with Crippen molar-refractivity contribution in [1.29, 1.82) is 0 Å². The lowest BCUT2D eigenvalue weighted by atomic mass is 9.84. The zero-order valence-electron chi connectivity index (χ0n) is 17.6. The van der Waals surface area contributed by atoms with Crippen molar-refractivity contribution >= 4 is 0 Å². The molecule has 0 amide bonds. The van der Waals surface area contributed by atoms with Crippen LogP contribution in [0.4, 0.5) is 0 Å². The maximum absolute atomic E-state index is 5.33. The fourth-order valence-electron chi connectivity index (χ4n) is 3.68. The molecule has 0 aliphatic rings. The quantitative estimate of drug-likeness (QED) is 0.486. The molecule has 1 unspecified atom stereocenters. The van der Waals surface area contributed by atoms with Crippen molar-refractivity contribution < 1.29 is 9.47 Å². The van der Waals surface area contributed by atoms with Gasteiger partial charge >= 0.3 is 0 Å². The molecule has 0 aliphatic heterocycles. The van der Waals surface area contributed by atoms with E-state index in [1.54, 1.807) is 14.2 Å². The summed E-state index contributed by atoms with van der Waals surface area (Å²) in [6.07, 6.45) is 1.07. The summed E-state index contributed by atoms with van der Waals surface area (Å²) in [4.78, 5) is 0. The van der Waals surface area contributed by atoms with E-state index in [1.165, 1.54) is 16.7 Å². The smallest absolute Gasteiger partial charge is 0.118 e. The van der Waals surface area contributed by atoms with E-state index in [4.69, 9.17) is 9.47 Å². The van der Waals surface area contributed by atoms with E-state index in [2.05, 4.69) is 66.8 Å². The van der Waals surface area contributed by atoms with Crippen LogP contribution in [0.2, 0.25) is 0 Å². The Kier molecular flexibility index (Phi) is 7.71. The number of benzene rings is 3. The first-order valence-corrected chi connectivity index (χ1v) is 10.2. The molecule has 0 aromatic heterocycles. The van der Waals surface area contributed by atoms with Gasteiger partial charge in [0.25, 0.3) is 0 Å². The summed E-state index contributed by atoms with van der Waals surface area (Å²) in [5, 5.41) is 3.61. The molecule has 3 aromatic rings. The molecule has 1 atom stereocenters. The zero-order chi connectivity index (χ0) is 20.5. The fourth-order valence-corrected chi connectivity index (χ4v) is 3.68. The summed E-state index contributed by atoms with van der Waals surface area (Å²) in [6, 6.07) is 27.5. The van der Waals surface area contributed by atoms with Gasteiger partial charge < -0.3 is 14.8 Å². The Balaban J connectivity index is 1.69. The SMILES string of the molecule is COc1ccc(C(CC(C)CNCc2ccccc2)c2ccc(OC)cc2)cc1. The Morgan fingerprint density at radius 2 is 1.24 bits per heavy atom. The molecule has 0 spiro atoms. The maximum Gasteiger partial charge on any atom is 0.118 e. The summed E-state index contributed by atoms with van der Waals surface area (Å²) in [6.45, 7) is 4.21. The largest absolute Gasteiger partial charge is 0.497 e. The summed E-state index contributed by atoms with van der Waals surface area (Å²) in [5.41, 5.74) is 3.94. The number of nitrogens with one attached hydrogen (secondary N) is 1. The minimum absolute atomic E-state index is 0.334. The highest BCUT2D eigenvalue weighted by Gasteiger charge is 2.18. The standard InChI is InChI=1S/C26H31NO2/c1-20(18-27-19-21-7-5-4-6-8-21)17-26(22-9-13-24(28-2)14-10-22)23-11-15-25(29-3)16-12-23/h4-16,20,26-27H,17-19H2,1-3H3. The van der Waals surface area contributed by atoms with Gasteiger partial charge in [0, 0.05) is 12.5 Å². The molecule has 3 aromatic carbocycles. The minimum atomic E-state index is 0.334. The number of rotatable bonds is 10. The molecule has 0 saturated heterocycles. The van der Waals surface area contributed by atoms with Crippen molar-refractivity contribution in [3.8, 4) is 11.5 Å². The van der Waals surface area contributed by atoms with Gasteiger partial charge in [0.2, 0.25) is 0 Å². The third-order valence-electron chi connectivity index (χ3n) is 5.34. The van der Waals surface area contributed by atoms with Crippen LogP contribution in [0.3, 0.4) is 0 Å². The van der Waals surface area contributed by atoms with Crippen LogP contribution in [0.15, 0.2) is 78.9 Å². The topological polar surface area (TPSA) is 30.5 Å². The number of hydrogen-bond donors (Lipinski definition) is 1. The van der Waals surface area contributed by atoms with Crippen molar-refractivity contribution in [2.24, 2.45) is 5.92 Å². The third kappa shape index (κ3) is 6.10. The first kappa shape index (κ1) is 20.9. The summed E-state index contributed by atoms with van der Waals surface area (Å²) in [7, 11) is 3.41. The lowest BCUT2D eigenvalue weighted by Crippen LogP contribution is -2.22. The molecule has 29 heavy (non-hydrogen) atoms. The van der Waals surface area contributed by atoms with E-state index in [0.717, 1.165) is 31.0 Å². The molecule has 0 aliphatic carbocycles. The molecule has 3 nitrogen and oxygen atoms in total. The molecule has 0 radical (unpaired) electrons. The van der Waals surface area contributed by atoms with E-state index >= 15 is 0 Å². The number of methoxy groups -OCH3 is 2. The predicted molar refractivity (Wildman–Crippen MR) is 120 cm³/mol. The van der Waals surface area contributed by atoms with Crippen LogP contribution in [0.25, 0.3) is 0 Å². The molecule has 3 heteroatoms. The Morgan fingerprint density at radius 1 is 0.724 bits per heavy atom. The van der Waals surface area contributed by atoms with E-state index in [0.29, 0.717) is 11.8 Å². The summed E-state index contributed by atoms with van der Waals surface area (Å²) in [5.74, 6) is 2.65. The van der Waals surface area contributed by atoms with Crippen LogP contribution in [0, 0.1) is 5.92 Å². The monoisotopic (exact) mass is 389 g/mol. The van der Waals surface area contributed by atoms with E-state index < -0.39 is 0 Å². The van der Waals surface area contributed by atoms with Gasteiger partial charge in [0.1, 0.15) is 11.5 Å². The van der Waals surface area contributed by atoms with Gasteiger partial charge in [0.05, 0.1) is 14.2 Å². The van der Waals surface area contributed by atoms with Gasteiger partial charge in [-0.3, -0.25) is 0 Å². The highest BCUT2D eigenvalue weighted by atomic mass is 16.5. The molecule has 0 heterocycles. The highest BCUT2D eigenvalue weighted by molar-refractivity contribution is 5.38. The van der Waals surface area contributed by atoms with Gasteiger partial charge in [-0.1, -0.05) is 61.5 Å². The third-order valence-corrected chi connectivity index (χ3v) is 5.34. The van der Waals surface area contributed by atoms with Crippen LogP contribution in [0.1, 0.15) is 36.0 Å². The van der Waals surface area contributed by atoms with Crippen LogP contribution < -0.4 is 14.8 Å². The second-order valence-electron chi connectivity index (χ2n) is 7.56. The number of ether oxygens (including phenoxy) is 2. The molecule has 0 saturated carbocycles. The van der Waals surface area contributed by atoms with Crippen molar-refractivity contribution in [3.63, 3.8) is 0 Å². The van der Waals surface area contributed by atoms with Gasteiger partial charge in [-0.05, 0) is 59.8 Å². The van der Waals surface area contributed by atoms with Gasteiger partial charge in [-0.2, -0.15) is 0 Å². The van der Waals surface area contributed by atoms with Crippen LogP contribution in [-0.4, -0.2) is 20.8 Å². The normalized spacial score (nSPS) is 12.0. The van der Waals surface area contributed by atoms with E-state index in [-0.39, 0.29) is 0 Å². The molecule has 3 rings (SSSR count). The first-order valence-electron chi connectivity index (χ1n) is 10.2. The Bertz CT molecular complexity index is 797. The lowest BCUT2D eigenvalue weighted by Gasteiger charge is -2.23. The molecule has 0 bridgehead atoms. The molecule has 1 N–H and O–H groups in total. The van der Waals surface area contributed by atoms with Crippen molar-refractivity contribution in [2.75, 3.05) is 20.8 Å². The first-order chi connectivity index (χ1) is 14.2. The highest BCUT2D eigenvalue weighted by Crippen LogP contribution is 2.33. The van der Waals surface area contributed by atoms with Gasteiger partial charge in [0.15, 0.2) is 0 Å². The lowest BCUT2D eigenvalue weighted by molar-refractivity contribution is 0.413. The Labute approximate surface area is 174 Å². The minimum Gasteiger partial charge on any atom is -0.497 e. The van der Waals surface area contributed by atoms with Crippen LogP contribution in [-0.2, 0) is 6.54 Å². The number of hydrogen-bond acceptors (Lipinski definition) is 3.